The van der Waals surface area contributed by atoms with Crippen molar-refractivity contribution in [2.24, 2.45) is 14.1 Å². The van der Waals surface area contributed by atoms with Crippen molar-refractivity contribution in [2.45, 2.75) is 25.0 Å². The van der Waals surface area contributed by atoms with Crippen LogP contribution in [0.1, 0.15) is 12.8 Å². The Morgan fingerprint density at radius 3 is 2.59 bits per heavy atom. The third kappa shape index (κ3) is 3.57. The molecule has 0 bridgehead atoms. The van der Waals surface area contributed by atoms with Crippen LogP contribution in [0, 0.1) is 0 Å². The molecule has 8 nitrogen and oxygen atoms in total. The minimum atomic E-state index is 0.295. The Balaban J connectivity index is 1.60. The van der Waals surface area contributed by atoms with Crippen molar-refractivity contribution in [1.29, 1.82) is 0 Å². The molecule has 1 aliphatic carbocycles. The second kappa shape index (κ2) is 8.34. The lowest BCUT2D eigenvalue weighted by molar-refractivity contribution is 0.0328. The summed E-state index contributed by atoms with van der Waals surface area (Å²) in [7, 11) is 5.72. The number of imidazole rings is 2. The Kier molecular flexibility index (Phi) is 5.15. The van der Waals surface area contributed by atoms with Crippen molar-refractivity contribution >= 4 is 27.4 Å². The molecule has 0 atom stereocenters. The lowest BCUT2D eigenvalue weighted by atomic mass is 9.89. The van der Waals surface area contributed by atoms with Crippen LogP contribution in [0.15, 0.2) is 55.2 Å². The molecule has 6 rings (SSSR count). The molecule has 0 spiro atoms. The van der Waals surface area contributed by atoms with Crippen molar-refractivity contribution in [1.82, 2.24) is 29.1 Å². The smallest absolute Gasteiger partial charge is 0.199 e. The van der Waals surface area contributed by atoms with Gasteiger partial charge in [-0.2, -0.15) is 0 Å². The number of rotatable bonds is 6. The van der Waals surface area contributed by atoms with Crippen LogP contribution in [-0.4, -0.2) is 48.3 Å². The van der Waals surface area contributed by atoms with E-state index in [9.17, 15) is 0 Å². The van der Waals surface area contributed by atoms with Gasteiger partial charge in [-0.15, -0.1) is 11.3 Å². The molecule has 0 radical (unpaired) electrons. The normalized spacial score (nSPS) is 17.7. The maximum atomic E-state index is 5.50. The van der Waals surface area contributed by atoms with Gasteiger partial charge in [-0.25, -0.2) is 19.9 Å². The number of thiophene rings is 1. The van der Waals surface area contributed by atoms with Gasteiger partial charge >= 0.3 is 0 Å². The summed E-state index contributed by atoms with van der Waals surface area (Å²) < 4.78 is 9.42. The van der Waals surface area contributed by atoms with Gasteiger partial charge in [0.05, 0.1) is 28.4 Å². The molecule has 0 unspecified atom stereocenters. The molecular weight excluding hydrogens is 446 g/mol. The quantitative estimate of drug-likeness (QED) is 0.385. The number of fused-ring (bicyclic) bond motifs is 1. The Hall–Kier alpha value is -3.56. The third-order valence-electron chi connectivity index (χ3n) is 6.34. The molecule has 172 valence electrons. The molecule has 0 saturated heterocycles. The molecule has 1 fully saturated rings. The highest BCUT2D eigenvalue weighted by molar-refractivity contribution is 7.22. The molecular formula is C25H25N7OS. The van der Waals surface area contributed by atoms with Crippen LogP contribution in [0.2, 0.25) is 0 Å². The van der Waals surface area contributed by atoms with E-state index in [1.807, 2.05) is 48.0 Å². The Bertz CT molecular complexity index is 1460. The van der Waals surface area contributed by atoms with E-state index in [4.69, 9.17) is 14.7 Å². The number of benzene rings is 1. The number of hydrogen-bond donors (Lipinski definition) is 1. The van der Waals surface area contributed by atoms with E-state index in [0.717, 1.165) is 56.4 Å². The van der Waals surface area contributed by atoms with E-state index in [-0.39, 0.29) is 0 Å². The lowest BCUT2D eigenvalue weighted by Crippen LogP contribution is -2.40. The van der Waals surface area contributed by atoms with Crippen LogP contribution in [0.4, 0.5) is 5.82 Å². The number of nitrogens with zero attached hydrogens (tertiary/aromatic N) is 6. The average molecular weight is 472 g/mol. The van der Waals surface area contributed by atoms with Gasteiger partial charge in [-0.05, 0) is 18.4 Å². The summed E-state index contributed by atoms with van der Waals surface area (Å²) in [5.74, 6) is 2.18. The van der Waals surface area contributed by atoms with Crippen LogP contribution in [0.3, 0.4) is 0 Å². The number of ether oxygens (including phenoxy) is 1. The summed E-state index contributed by atoms with van der Waals surface area (Å²) in [6.07, 6.45) is 9.77. The van der Waals surface area contributed by atoms with E-state index in [0.29, 0.717) is 18.0 Å². The first-order chi connectivity index (χ1) is 16.6. The first-order valence-electron chi connectivity index (χ1n) is 11.3. The topological polar surface area (TPSA) is 82.7 Å². The van der Waals surface area contributed by atoms with E-state index in [1.54, 1.807) is 24.6 Å². The van der Waals surface area contributed by atoms with Crippen molar-refractivity contribution in [2.75, 3.05) is 12.4 Å². The number of hydrogen-bond acceptors (Lipinski definition) is 7. The monoisotopic (exact) mass is 471 g/mol. The molecule has 4 heterocycles. The maximum Gasteiger partial charge on any atom is 0.199 e. The minimum Gasteiger partial charge on any atom is -0.381 e. The number of aryl methyl sites for hydroxylation is 2. The molecule has 1 aliphatic rings. The Labute approximate surface area is 201 Å². The minimum absolute atomic E-state index is 0.295. The lowest BCUT2D eigenvalue weighted by Gasteiger charge is -2.35. The van der Waals surface area contributed by atoms with Crippen LogP contribution in [-0.2, 0) is 18.8 Å². The van der Waals surface area contributed by atoms with Gasteiger partial charge in [0.15, 0.2) is 11.6 Å². The molecule has 1 saturated carbocycles. The first-order valence-corrected chi connectivity index (χ1v) is 12.1. The van der Waals surface area contributed by atoms with E-state index in [1.165, 1.54) is 0 Å². The second-order valence-corrected chi connectivity index (χ2v) is 9.70. The average Bonchev–Trinajstić information content (AvgIpc) is 3.54. The van der Waals surface area contributed by atoms with Gasteiger partial charge in [-0.3, -0.25) is 0 Å². The van der Waals surface area contributed by atoms with Gasteiger partial charge in [0.2, 0.25) is 0 Å². The summed E-state index contributed by atoms with van der Waals surface area (Å²) in [5, 5.41) is 4.72. The summed E-state index contributed by atoms with van der Waals surface area (Å²) in [6.45, 7) is 0. The van der Waals surface area contributed by atoms with Gasteiger partial charge in [0.1, 0.15) is 10.6 Å². The number of aromatic nitrogens is 6. The number of methoxy groups -OCH3 is 1. The predicted molar refractivity (Wildman–Crippen MR) is 135 cm³/mol. The zero-order chi connectivity index (χ0) is 23.2. The molecule has 9 heteroatoms. The molecule has 5 aromatic rings. The third-order valence-corrected chi connectivity index (χ3v) is 7.45. The van der Waals surface area contributed by atoms with Gasteiger partial charge in [-0.1, -0.05) is 30.3 Å². The predicted octanol–water partition coefficient (Wildman–Crippen LogP) is 4.75. The van der Waals surface area contributed by atoms with Gasteiger partial charge in [0, 0.05) is 51.4 Å². The summed E-state index contributed by atoms with van der Waals surface area (Å²) in [4.78, 5) is 21.2. The summed E-state index contributed by atoms with van der Waals surface area (Å²) >= 11 is 1.65. The van der Waals surface area contributed by atoms with E-state index in [2.05, 4.69) is 39.6 Å². The molecule has 1 aromatic carbocycles. The summed E-state index contributed by atoms with van der Waals surface area (Å²) in [5.41, 5.74) is 3.15. The zero-order valence-electron chi connectivity index (χ0n) is 19.3. The Morgan fingerprint density at radius 1 is 1.09 bits per heavy atom. The van der Waals surface area contributed by atoms with Crippen LogP contribution >= 0.6 is 11.3 Å². The number of nitrogens with one attached hydrogen (secondary N) is 1. The molecule has 1 N–H and O–H groups in total. The second-order valence-electron chi connectivity index (χ2n) is 8.70. The van der Waals surface area contributed by atoms with Crippen LogP contribution in [0.5, 0.6) is 0 Å². The van der Waals surface area contributed by atoms with Crippen molar-refractivity contribution in [3.05, 3.63) is 55.2 Å². The van der Waals surface area contributed by atoms with E-state index < -0.39 is 0 Å². The molecule has 4 aromatic heterocycles. The van der Waals surface area contributed by atoms with Crippen molar-refractivity contribution < 1.29 is 4.74 Å². The number of anilines is 1. The highest BCUT2D eigenvalue weighted by atomic mass is 32.1. The highest BCUT2D eigenvalue weighted by Crippen LogP contribution is 2.47. The summed E-state index contributed by atoms with van der Waals surface area (Å²) in [6, 6.07) is 10.7. The molecule has 34 heavy (non-hydrogen) atoms. The Morgan fingerprint density at radius 2 is 1.91 bits per heavy atom. The fourth-order valence-electron chi connectivity index (χ4n) is 4.45. The zero-order valence-corrected chi connectivity index (χ0v) is 20.1. The highest BCUT2D eigenvalue weighted by Gasteiger charge is 2.31. The van der Waals surface area contributed by atoms with Crippen molar-refractivity contribution in [3.63, 3.8) is 0 Å². The maximum absolute atomic E-state index is 5.50. The van der Waals surface area contributed by atoms with Crippen molar-refractivity contribution in [3.8, 4) is 33.3 Å². The van der Waals surface area contributed by atoms with E-state index >= 15 is 0 Å². The molecule has 0 amide bonds. The van der Waals surface area contributed by atoms with Crippen LogP contribution in [0.25, 0.3) is 43.6 Å². The SMILES string of the molecule is COC1CC(Nc2nc(-c3nccn3C)nc3sc(-c4cn(C)cn4)c(-c4ccccc4)c23)C1. The fraction of sp³-hybridized carbons (Fsp3) is 0.280. The van der Waals surface area contributed by atoms with Gasteiger partial charge < -0.3 is 19.2 Å². The van der Waals surface area contributed by atoms with Gasteiger partial charge in [0.25, 0.3) is 0 Å². The van der Waals surface area contributed by atoms with Crippen LogP contribution < -0.4 is 5.32 Å². The largest absolute Gasteiger partial charge is 0.381 e. The first kappa shape index (κ1) is 21.0. The fourth-order valence-corrected chi connectivity index (χ4v) is 5.60. The molecule has 0 aliphatic heterocycles. The standard InChI is InChI=1S/C25H25N7OS/c1-31-13-18(27-14-31)21-19(15-7-5-4-6-8-15)20-22(28-16-11-17(12-16)33-3)29-23(30-25(20)34-21)24-26-9-10-32(24)2/h4-10,13-14,16-17H,11-12H2,1-3H3,(H,28,29,30).